The molecule has 0 atom stereocenters. The number of carbonyl (C=O) groups excluding carboxylic acids is 1. The van der Waals surface area contributed by atoms with Gasteiger partial charge in [-0.25, -0.2) is 4.98 Å². The van der Waals surface area contributed by atoms with E-state index in [2.05, 4.69) is 35.5 Å². The predicted octanol–water partition coefficient (Wildman–Crippen LogP) is 3.50. The quantitative estimate of drug-likeness (QED) is 0.893. The fourth-order valence-electron chi connectivity index (χ4n) is 1.96. The first kappa shape index (κ1) is 14.1. The van der Waals surface area contributed by atoms with E-state index in [1.54, 1.807) is 25.4 Å². The van der Waals surface area contributed by atoms with Crippen LogP contribution in [0, 0.1) is 0 Å². The molecule has 0 radical (unpaired) electrons. The fraction of sp³-hybridized carbons (Fsp3) is 0.250. The number of pyridine rings is 1. The topological polar surface area (TPSA) is 54.0 Å². The maximum absolute atomic E-state index is 12.3. The van der Waals surface area contributed by atoms with Gasteiger partial charge in [0, 0.05) is 18.9 Å². The molecule has 20 heavy (non-hydrogen) atoms. The van der Waals surface area contributed by atoms with Crippen molar-refractivity contribution in [2.45, 2.75) is 19.8 Å². The molecule has 2 N–H and O–H groups in total. The van der Waals surface area contributed by atoms with E-state index in [4.69, 9.17) is 0 Å². The molecular weight excluding hydrogens is 250 g/mol. The van der Waals surface area contributed by atoms with E-state index < -0.39 is 0 Å². The van der Waals surface area contributed by atoms with E-state index >= 15 is 0 Å². The molecule has 0 unspecified atom stereocenters. The fourth-order valence-corrected chi connectivity index (χ4v) is 1.96. The van der Waals surface area contributed by atoms with E-state index in [1.807, 2.05) is 18.2 Å². The molecule has 1 aromatic carbocycles. The summed E-state index contributed by atoms with van der Waals surface area (Å²) in [7, 11) is 1.75. The highest BCUT2D eigenvalue weighted by molar-refractivity contribution is 6.07. The first-order valence-electron chi connectivity index (χ1n) is 6.66. The number of nitrogens with one attached hydrogen (secondary N) is 2. The van der Waals surface area contributed by atoms with Crippen molar-refractivity contribution in [3.8, 4) is 0 Å². The Morgan fingerprint density at radius 3 is 2.70 bits per heavy atom. The third-order valence-electron chi connectivity index (χ3n) is 3.10. The average Bonchev–Trinajstić information content (AvgIpc) is 2.47. The van der Waals surface area contributed by atoms with Crippen LogP contribution in [0.3, 0.4) is 0 Å². The van der Waals surface area contributed by atoms with Crippen LogP contribution in [0.1, 0.15) is 35.7 Å². The maximum atomic E-state index is 12.3. The molecule has 0 saturated carbocycles. The Balaban J connectivity index is 2.21. The van der Waals surface area contributed by atoms with E-state index in [0.717, 1.165) is 5.69 Å². The van der Waals surface area contributed by atoms with Crippen LogP contribution in [0.15, 0.2) is 42.6 Å². The van der Waals surface area contributed by atoms with Crippen molar-refractivity contribution in [1.82, 2.24) is 4.98 Å². The van der Waals surface area contributed by atoms with Crippen LogP contribution < -0.4 is 10.6 Å². The molecule has 1 aromatic heterocycles. The Morgan fingerprint density at radius 1 is 1.20 bits per heavy atom. The van der Waals surface area contributed by atoms with E-state index in [-0.39, 0.29) is 5.91 Å². The molecule has 2 rings (SSSR count). The van der Waals surface area contributed by atoms with Gasteiger partial charge in [-0.2, -0.15) is 0 Å². The lowest BCUT2D eigenvalue weighted by Gasteiger charge is -2.11. The highest BCUT2D eigenvalue weighted by atomic mass is 16.1. The summed E-state index contributed by atoms with van der Waals surface area (Å²) >= 11 is 0. The lowest BCUT2D eigenvalue weighted by Crippen LogP contribution is -2.14. The van der Waals surface area contributed by atoms with Crippen LogP contribution in [0.2, 0.25) is 0 Å². The number of hydrogen-bond donors (Lipinski definition) is 2. The molecule has 0 aliphatic carbocycles. The summed E-state index contributed by atoms with van der Waals surface area (Å²) in [5, 5.41) is 5.83. The van der Waals surface area contributed by atoms with Gasteiger partial charge in [-0.1, -0.05) is 26.0 Å². The third-order valence-corrected chi connectivity index (χ3v) is 3.10. The molecule has 2 aromatic rings. The Morgan fingerprint density at radius 2 is 2.00 bits per heavy atom. The van der Waals surface area contributed by atoms with Crippen molar-refractivity contribution in [2.24, 2.45) is 0 Å². The Bertz CT molecular complexity index is 608. The first-order valence-corrected chi connectivity index (χ1v) is 6.66. The molecule has 4 heteroatoms. The van der Waals surface area contributed by atoms with Crippen molar-refractivity contribution in [2.75, 3.05) is 17.7 Å². The van der Waals surface area contributed by atoms with Crippen molar-refractivity contribution < 1.29 is 4.79 Å². The Labute approximate surface area is 119 Å². The zero-order valence-corrected chi connectivity index (χ0v) is 12.0. The lowest BCUT2D eigenvalue weighted by atomic mass is 10.0. The van der Waals surface area contributed by atoms with Crippen molar-refractivity contribution in [3.63, 3.8) is 0 Å². The Hall–Kier alpha value is -2.36. The molecular formula is C16H19N3O. The zero-order chi connectivity index (χ0) is 14.5. The molecule has 0 fully saturated rings. The Kier molecular flexibility index (Phi) is 4.35. The normalized spacial score (nSPS) is 10.4. The van der Waals surface area contributed by atoms with E-state index in [9.17, 15) is 4.79 Å². The summed E-state index contributed by atoms with van der Waals surface area (Å²) in [4.78, 5) is 16.4. The van der Waals surface area contributed by atoms with Gasteiger partial charge in [0.15, 0.2) is 0 Å². The summed E-state index contributed by atoms with van der Waals surface area (Å²) in [5.41, 5.74) is 2.53. The van der Waals surface area contributed by atoms with Gasteiger partial charge >= 0.3 is 0 Å². The number of hydrogen-bond acceptors (Lipinski definition) is 3. The molecule has 1 heterocycles. The van der Waals surface area contributed by atoms with Crippen molar-refractivity contribution in [3.05, 3.63) is 53.7 Å². The molecule has 104 valence electrons. The summed E-state index contributed by atoms with van der Waals surface area (Å²) in [6.07, 6.45) is 1.65. The molecule has 1 amide bonds. The monoisotopic (exact) mass is 269 g/mol. The molecule has 0 aliphatic heterocycles. The zero-order valence-electron chi connectivity index (χ0n) is 12.0. The van der Waals surface area contributed by atoms with Gasteiger partial charge < -0.3 is 10.6 Å². The van der Waals surface area contributed by atoms with Crippen LogP contribution in [0.5, 0.6) is 0 Å². The number of anilines is 2. The van der Waals surface area contributed by atoms with E-state index in [1.165, 1.54) is 5.56 Å². The van der Waals surface area contributed by atoms with Crippen molar-refractivity contribution in [1.29, 1.82) is 0 Å². The van der Waals surface area contributed by atoms with Crippen LogP contribution >= 0.6 is 0 Å². The second-order valence-electron chi connectivity index (χ2n) is 4.88. The van der Waals surface area contributed by atoms with Gasteiger partial charge in [0.2, 0.25) is 0 Å². The van der Waals surface area contributed by atoms with Gasteiger partial charge in [-0.3, -0.25) is 4.79 Å². The second-order valence-corrected chi connectivity index (χ2v) is 4.88. The summed E-state index contributed by atoms with van der Waals surface area (Å²) in [6.45, 7) is 4.25. The van der Waals surface area contributed by atoms with Gasteiger partial charge in [0.25, 0.3) is 5.91 Å². The smallest absolute Gasteiger partial charge is 0.259 e. The number of carbonyl (C=O) groups is 1. The van der Waals surface area contributed by atoms with Crippen LogP contribution in [0.25, 0.3) is 0 Å². The maximum Gasteiger partial charge on any atom is 0.259 e. The van der Waals surface area contributed by atoms with Gasteiger partial charge in [-0.15, -0.1) is 0 Å². The number of aromatic nitrogens is 1. The highest BCUT2D eigenvalue weighted by Gasteiger charge is 2.11. The number of benzene rings is 1. The predicted molar refractivity (Wildman–Crippen MR) is 82.3 cm³/mol. The molecule has 0 saturated heterocycles. The SMILES string of the molecule is CNc1ncccc1C(=O)Nc1cccc(C(C)C)c1. The molecule has 0 bridgehead atoms. The van der Waals surface area contributed by atoms with Crippen molar-refractivity contribution >= 4 is 17.4 Å². The van der Waals surface area contributed by atoms with Gasteiger partial charge in [-0.05, 0) is 35.7 Å². The third kappa shape index (κ3) is 3.15. The second kappa shape index (κ2) is 6.19. The van der Waals surface area contributed by atoms with Gasteiger partial charge in [0.1, 0.15) is 5.82 Å². The largest absolute Gasteiger partial charge is 0.372 e. The minimum atomic E-state index is -0.164. The lowest BCUT2D eigenvalue weighted by molar-refractivity contribution is 0.102. The first-order chi connectivity index (χ1) is 9.61. The number of nitrogens with zero attached hydrogens (tertiary/aromatic N) is 1. The van der Waals surface area contributed by atoms with Crippen LogP contribution in [-0.4, -0.2) is 17.9 Å². The van der Waals surface area contributed by atoms with Gasteiger partial charge in [0.05, 0.1) is 5.56 Å². The van der Waals surface area contributed by atoms with E-state index in [0.29, 0.717) is 17.3 Å². The number of rotatable bonds is 4. The highest BCUT2D eigenvalue weighted by Crippen LogP contribution is 2.20. The minimum absolute atomic E-state index is 0.164. The molecule has 0 spiro atoms. The van der Waals surface area contributed by atoms with Crippen LogP contribution in [-0.2, 0) is 0 Å². The molecule has 4 nitrogen and oxygen atoms in total. The summed E-state index contributed by atoms with van der Waals surface area (Å²) < 4.78 is 0. The average molecular weight is 269 g/mol. The molecule has 0 aliphatic rings. The summed E-state index contributed by atoms with van der Waals surface area (Å²) in [6, 6.07) is 11.4. The minimum Gasteiger partial charge on any atom is -0.372 e. The number of amides is 1. The standard InChI is InChI=1S/C16H19N3O/c1-11(2)12-6-4-7-13(10-12)19-16(20)14-8-5-9-18-15(14)17-3/h4-11H,1-3H3,(H,17,18)(H,19,20). The van der Waals surface area contributed by atoms with Crippen LogP contribution in [0.4, 0.5) is 11.5 Å². The summed E-state index contributed by atoms with van der Waals surface area (Å²) in [5.74, 6) is 0.839.